The number of aliphatic hydroxyl groups is 1. The lowest BCUT2D eigenvalue weighted by Gasteiger charge is -2.44. The first-order chi connectivity index (χ1) is 16.3. The molecular formula is C23H25F2N7OS. The van der Waals surface area contributed by atoms with Gasteiger partial charge in [-0.15, -0.1) is 0 Å². The largest absolute Gasteiger partial charge is 0.399 e. The molecule has 5 rings (SSSR count). The number of hydrogen-bond acceptors (Lipinski definition) is 8. The van der Waals surface area contributed by atoms with Crippen LogP contribution in [-0.4, -0.2) is 62.0 Å². The number of anilines is 2. The van der Waals surface area contributed by atoms with E-state index >= 15 is 0 Å². The Kier molecular flexibility index (Phi) is 5.92. The number of nitrogens with two attached hydrogens (primary N) is 1. The highest BCUT2D eigenvalue weighted by molar-refractivity contribution is 7.22. The molecule has 3 N–H and O–H groups in total. The molecule has 0 saturated carbocycles. The maximum atomic E-state index is 14.8. The molecule has 0 spiro atoms. The Morgan fingerprint density at radius 2 is 1.94 bits per heavy atom. The number of nitrogens with zero attached hydrogens (tertiary/aromatic N) is 6. The van der Waals surface area contributed by atoms with Crippen molar-refractivity contribution in [3.63, 3.8) is 0 Å². The first-order valence-corrected chi connectivity index (χ1v) is 11.8. The van der Waals surface area contributed by atoms with Gasteiger partial charge in [-0.2, -0.15) is 5.10 Å². The minimum atomic E-state index is -1.65. The number of hydrogen-bond donors (Lipinski definition) is 2. The molecule has 34 heavy (non-hydrogen) atoms. The molecule has 0 amide bonds. The van der Waals surface area contributed by atoms with Gasteiger partial charge in [-0.1, -0.05) is 17.4 Å². The van der Waals surface area contributed by atoms with Gasteiger partial charge in [-0.05, 0) is 31.2 Å². The van der Waals surface area contributed by atoms with Crippen molar-refractivity contribution >= 4 is 32.4 Å². The second-order valence-corrected chi connectivity index (χ2v) is 9.57. The summed E-state index contributed by atoms with van der Waals surface area (Å²) in [4.78, 5) is 13.0. The van der Waals surface area contributed by atoms with Crippen LogP contribution in [0.5, 0.6) is 0 Å². The summed E-state index contributed by atoms with van der Waals surface area (Å²) < 4.78 is 30.9. The quantitative estimate of drug-likeness (QED) is 0.406. The van der Waals surface area contributed by atoms with Gasteiger partial charge in [-0.25, -0.2) is 23.4 Å². The number of piperazine rings is 1. The average molecular weight is 486 g/mol. The van der Waals surface area contributed by atoms with E-state index in [0.717, 1.165) is 27.5 Å². The lowest BCUT2D eigenvalue weighted by molar-refractivity contribution is -0.0650. The van der Waals surface area contributed by atoms with E-state index in [1.54, 1.807) is 11.3 Å². The zero-order chi connectivity index (χ0) is 23.9. The molecule has 4 aromatic rings. The molecule has 1 fully saturated rings. The summed E-state index contributed by atoms with van der Waals surface area (Å²) in [7, 11) is 0. The Balaban J connectivity index is 1.37. The van der Waals surface area contributed by atoms with Gasteiger partial charge in [0.15, 0.2) is 5.13 Å². The fraction of sp³-hybridized carbons (Fsp3) is 0.348. The van der Waals surface area contributed by atoms with Gasteiger partial charge in [0.2, 0.25) is 0 Å². The summed E-state index contributed by atoms with van der Waals surface area (Å²) in [6.07, 6.45) is 2.83. The van der Waals surface area contributed by atoms with Crippen LogP contribution in [0.15, 0.2) is 49.1 Å². The normalized spacial score (nSPS) is 17.7. The SMILES string of the molecule is C[C@@H](N1CCN(c2nc3ccc(N)cc3s2)CC1)[C@](O)(Cn1cncn1)c1ccc(F)cc1F. The number of fused-ring (bicyclic) bond motifs is 1. The van der Waals surface area contributed by atoms with Crippen molar-refractivity contribution in [1.82, 2.24) is 24.6 Å². The molecule has 8 nitrogen and oxygen atoms in total. The molecule has 0 aliphatic carbocycles. The molecular weight excluding hydrogens is 460 g/mol. The molecule has 2 atom stereocenters. The number of rotatable bonds is 6. The second-order valence-electron chi connectivity index (χ2n) is 8.56. The molecule has 0 radical (unpaired) electrons. The molecule has 1 aliphatic heterocycles. The lowest BCUT2D eigenvalue weighted by Crippen LogP contribution is -2.57. The summed E-state index contributed by atoms with van der Waals surface area (Å²) in [5.41, 5.74) is 5.90. The highest BCUT2D eigenvalue weighted by Gasteiger charge is 2.42. The van der Waals surface area contributed by atoms with Gasteiger partial charge >= 0.3 is 0 Å². The number of thiazole rings is 1. The van der Waals surface area contributed by atoms with Crippen LogP contribution in [0, 0.1) is 11.6 Å². The highest BCUT2D eigenvalue weighted by atomic mass is 32.1. The Morgan fingerprint density at radius 3 is 2.65 bits per heavy atom. The van der Waals surface area contributed by atoms with Crippen LogP contribution in [-0.2, 0) is 12.1 Å². The third-order valence-electron chi connectivity index (χ3n) is 6.49. The highest BCUT2D eigenvalue weighted by Crippen LogP contribution is 2.35. The Morgan fingerprint density at radius 1 is 1.15 bits per heavy atom. The third kappa shape index (κ3) is 4.22. The standard InChI is InChI=1S/C23H25F2N7OS/c1-15(23(33,12-32-14-27-13-28-32)18-4-2-16(24)10-19(18)25)30-6-8-31(9-7-30)22-29-20-5-3-17(26)11-21(20)34-22/h2-5,10-11,13-15,33H,6-9,12,26H2,1H3/t15-,23-/m1/s1. The average Bonchev–Trinajstić information content (AvgIpc) is 3.48. The molecule has 178 valence electrons. The number of halogens is 2. The first kappa shape index (κ1) is 22.6. The summed E-state index contributed by atoms with van der Waals surface area (Å²) in [6, 6.07) is 8.48. The van der Waals surface area contributed by atoms with E-state index < -0.39 is 23.3 Å². The minimum absolute atomic E-state index is 0.0176. The summed E-state index contributed by atoms with van der Waals surface area (Å²) in [6.45, 7) is 4.52. The van der Waals surface area contributed by atoms with Crippen LogP contribution in [0.4, 0.5) is 19.6 Å². The molecule has 1 saturated heterocycles. The molecule has 1 aliphatic rings. The Labute approximate surface area is 199 Å². The molecule has 0 unspecified atom stereocenters. The molecule has 2 aromatic heterocycles. The summed E-state index contributed by atoms with van der Waals surface area (Å²) in [5.74, 6) is -1.48. The van der Waals surface area contributed by atoms with Crippen LogP contribution >= 0.6 is 11.3 Å². The molecule has 11 heteroatoms. The van der Waals surface area contributed by atoms with Crippen molar-refractivity contribution in [2.24, 2.45) is 0 Å². The second kappa shape index (κ2) is 8.90. The summed E-state index contributed by atoms with van der Waals surface area (Å²) >= 11 is 1.60. The maximum absolute atomic E-state index is 14.8. The number of benzene rings is 2. The van der Waals surface area contributed by atoms with Crippen LogP contribution < -0.4 is 10.6 Å². The van der Waals surface area contributed by atoms with Gasteiger partial charge in [-0.3, -0.25) is 4.90 Å². The van der Waals surface area contributed by atoms with E-state index in [-0.39, 0.29) is 12.1 Å². The van der Waals surface area contributed by atoms with Crippen molar-refractivity contribution < 1.29 is 13.9 Å². The van der Waals surface area contributed by atoms with Crippen molar-refractivity contribution in [1.29, 1.82) is 0 Å². The van der Waals surface area contributed by atoms with Crippen LogP contribution in [0.1, 0.15) is 12.5 Å². The molecule has 2 aromatic carbocycles. The Hall–Kier alpha value is -3.15. The zero-order valence-corrected chi connectivity index (χ0v) is 19.4. The molecule has 0 bridgehead atoms. The van der Waals surface area contributed by atoms with Crippen molar-refractivity contribution in [3.05, 3.63) is 66.3 Å². The Bertz CT molecular complexity index is 1290. The smallest absolute Gasteiger partial charge is 0.186 e. The predicted octanol–water partition coefficient (Wildman–Crippen LogP) is 2.85. The fourth-order valence-corrected chi connectivity index (χ4v) is 5.58. The van der Waals surface area contributed by atoms with Crippen molar-refractivity contribution in [3.8, 4) is 0 Å². The predicted molar refractivity (Wildman–Crippen MR) is 128 cm³/mol. The van der Waals surface area contributed by atoms with Gasteiger partial charge < -0.3 is 15.7 Å². The summed E-state index contributed by atoms with van der Waals surface area (Å²) in [5, 5.41) is 16.8. The minimum Gasteiger partial charge on any atom is -0.399 e. The molecule has 3 heterocycles. The van der Waals surface area contributed by atoms with Gasteiger partial charge in [0.05, 0.1) is 16.8 Å². The maximum Gasteiger partial charge on any atom is 0.186 e. The van der Waals surface area contributed by atoms with Gasteiger partial charge in [0.25, 0.3) is 0 Å². The van der Waals surface area contributed by atoms with Crippen LogP contribution in [0.3, 0.4) is 0 Å². The van der Waals surface area contributed by atoms with Crippen LogP contribution in [0.2, 0.25) is 0 Å². The van der Waals surface area contributed by atoms with E-state index in [1.807, 2.05) is 25.1 Å². The topological polar surface area (TPSA) is 96.3 Å². The first-order valence-electron chi connectivity index (χ1n) is 11.0. The van der Waals surface area contributed by atoms with E-state index in [4.69, 9.17) is 10.7 Å². The number of nitrogen functional groups attached to an aromatic ring is 1. The third-order valence-corrected chi connectivity index (χ3v) is 7.57. The van der Waals surface area contributed by atoms with E-state index in [1.165, 1.54) is 23.4 Å². The lowest BCUT2D eigenvalue weighted by atomic mass is 9.85. The van der Waals surface area contributed by atoms with Crippen molar-refractivity contribution in [2.75, 3.05) is 36.8 Å². The van der Waals surface area contributed by atoms with Gasteiger partial charge in [0.1, 0.15) is 29.9 Å². The van der Waals surface area contributed by atoms with E-state index in [9.17, 15) is 13.9 Å². The van der Waals surface area contributed by atoms with Crippen molar-refractivity contribution in [2.45, 2.75) is 25.1 Å². The fourth-order valence-electron chi connectivity index (χ4n) is 4.51. The number of aromatic nitrogens is 4. The van der Waals surface area contributed by atoms with E-state index in [2.05, 4.69) is 19.9 Å². The van der Waals surface area contributed by atoms with Crippen LogP contribution in [0.25, 0.3) is 10.2 Å². The van der Waals surface area contributed by atoms with E-state index in [0.29, 0.717) is 31.9 Å². The monoisotopic (exact) mass is 485 g/mol. The zero-order valence-electron chi connectivity index (χ0n) is 18.6. The van der Waals surface area contributed by atoms with Gasteiger partial charge in [0, 0.05) is 49.5 Å².